The minimum Gasteiger partial charge on any atom is -0.456 e. The van der Waals surface area contributed by atoms with Crippen LogP contribution in [0.3, 0.4) is 0 Å². The van der Waals surface area contributed by atoms with Crippen molar-refractivity contribution in [3.63, 3.8) is 0 Å². The van der Waals surface area contributed by atoms with Crippen LogP contribution in [0.1, 0.15) is 31.7 Å². The van der Waals surface area contributed by atoms with Crippen molar-refractivity contribution in [3.05, 3.63) is 60.4 Å². The van der Waals surface area contributed by atoms with E-state index < -0.39 is 0 Å². The highest BCUT2D eigenvalue weighted by Crippen LogP contribution is 2.46. The summed E-state index contributed by atoms with van der Waals surface area (Å²) in [5.74, 6) is 2.07. The third-order valence-electron chi connectivity index (χ3n) is 5.68. The van der Waals surface area contributed by atoms with Gasteiger partial charge in [0.05, 0.1) is 11.9 Å². The first-order chi connectivity index (χ1) is 13.7. The largest absolute Gasteiger partial charge is 0.456 e. The van der Waals surface area contributed by atoms with Crippen molar-refractivity contribution in [2.75, 3.05) is 4.90 Å². The molecule has 0 bridgehead atoms. The Morgan fingerprint density at radius 3 is 2.68 bits per heavy atom. The molecule has 2 heterocycles. The zero-order valence-electron chi connectivity index (χ0n) is 15.9. The Bertz CT molecular complexity index is 994. The molecule has 1 atom stereocenters. The van der Waals surface area contributed by atoms with Gasteiger partial charge in [0.15, 0.2) is 0 Å². The molecule has 2 aliphatic rings. The van der Waals surface area contributed by atoms with Gasteiger partial charge in [0.25, 0.3) is 0 Å². The van der Waals surface area contributed by atoms with Crippen molar-refractivity contribution < 1.29 is 9.53 Å². The van der Waals surface area contributed by atoms with Gasteiger partial charge in [-0.15, -0.1) is 0 Å². The molecule has 5 rings (SSSR count). The highest BCUT2D eigenvalue weighted by atomic mass is 16.5. The van der Waals surface area contributed by atoms with Gasteiger partial charge in [-0.2, -0.15) is 5.10 Å². The maximum absolute atomic E-state index is 13.0. The summed E-state index contributed by atoms with van der Waals surface area (Å²) < 4.78 is 6.39. The summed E-state index contributed by atoms with van der Waals surface area (Å²) in [6, 6.07) is 14.2. The molecule has 1 saturated carbocycles. The fourth-order valence-corrected chi connectivity index (χ4v) is 4.02. The Labute approximate surface area is 164 Å². The predicted molar refractivity (Wildman–Crippen MR) is 109 cm³/mol. The lowest BCUT2D eigenvalue weighted by atomic mass is 9.92. The second kappa shape index (κ2) is 6.82. The van der Waals surface area contributed by atoms with E-state index in [0.29, 0.717) is 0 Å². The number of ether oxygens (including phenoxy) is 1. The molecular formula is C23H23N3O2. The zero-order valence-corrected chi connectivity index (χ0v) is 15.9. The van der Waals surface area contributed by atoms with Gasteiger partial charge in [0, 0.05) is 34.8 Å². The molecule has 1 aromatic heterocycles. The van der Waals surface area contributed by atoms with Gasteiger partial charge in [-0.05, 0) is 56.9 Å². The van der Waals surface area contributed by atoms with Gasteiger partial charge in [-0.1, -0.05) is 18.2 Å². The molecule has 0 saturated heterocycles. The van der Waals surface area contributed by atoms with E-state index in [1.54, 1.807) is 6.20 Å². The Kier molecular flexibility index (Phi) is 4.15. The number of nitrogens with zero attached hydrogens (tertiary/aromatic N) is 2. The van der Waals surface area contributed by atoms with E-state index >= 15 is 0 Å². The van der Waals surface area contributed by atoms with Crippen LogP contribution in [-0.4, -0.2) is 22.1 Å². The Hall–Kier alpha value is -3.08. The highest BCUT2D eigenvalue weighted by Gasteiger charge is 2.39. The van der Waals surface area contributed by atoms with Gasteiger partial charge in [-0.3, -0.25) is 9.89 Å². The topological polar surface area (TPSA) is 58.2 Å². The SMILES string of the molecule is C[C@H]1CCc2c(ccc(-c3cn[nH]c3)c2Oc2ccccc2)N1C(=O)C1CC1. The fraction of sp³-hybridized carbons (Fsp3) is 0.304. The molecule has 1 amide bonds. The first-order valence-electron chi connectivity index (χ1n) is 9.93. The number of nitrogens with one attached hydrogen (secondary N) is 1. The summed E-state index contributed by atoms with van der Waals surface area (Å²) >= 11 is 0. The average Bonchev–Trinajstić information content (AvgIpc) is 3.43. The van der Waals surface area contributed by atoms with Crippen LogP contribution < -0.4 is 9.64 Å². The van der Waals surface area contributed by atoms with Crippen molar-refractivity contribution in [1.29, 1.82) is 0 Å². The first kappa shape index (κ1) is 17.0. The van der Waals surface area contributed by atoms with Gasteiger partial charge in [0.2, 0.25) is 5.91 Å². The maximum atomic E-state index is 13.0. The minimum atomic E-state index is 0.195. The zero-order chi connectivity index (χ0) is 19.1. The Morgan fingerprint density at radius 1 is 1.14 bits per heavy atom. The van der Waals surface area contributed by atoms with Crippen molar-refractivity contribution in [2.45, 2.75) is 38.6 Å². The number of rotatable bonds is 4. The lowest BCUT2D eigenvalue weighted by Crippen LogP contribution is -2.43. The molecule has 1 fully saturated rings. The summed E-state index contributed by atoms with van der Waals surface area (Å²) in [4.78, 5) is 15.0. The van der Waals surface area contributed by atoms with Crippen LogP contribution >= 0.6 is 0 Å². The van der Waals surface area contributed by atoms with E-state index in [2.05, 4.69) is 23.2 Å². The van der Waals surface area contributed by atoms with Crippen molar-refractivity contribution >= 4 is 11.6 Å². The van der Waals surface area contributed by atoms with Gasteiger partial charge < -0.3 is 9.64 Å². The number of fused-ring (bicyclic) bond motifs is 1. The van der Waals surface area contributed by atoms with Gasteiger partial charge in [0.1, 0.15) is 11.5 Å². The Morgan fingerprint density at radius 2 is 1.96 bits per heavy atom. The first-order valence-corrected chi connectivity index (χ1v) is 9.93. The molecule has 2 aromatic carbocycles. The third kappa shape index (κ3) is 2.97. The normalized spacial score (nSPS) is 18.6. The molecule has 3 aromatic rings. The highest BCUT2D eigenvalue weighted by molar-refractivity contribution is 5.99. The lowest BCUT2D eigenvalue weighted by molar-refractivity contribution is -0.120. The summed E-state index contributed by atoms with van der Waals surface area (Å²) in [5, 5.41) is 6.99. The maximum Gasteiger partial charge on any atom is 0.230 e. The van der Waals surface area contributed by atoms with Crippen LogP contribution in [0.15, 0.2) is 54.9 Å². The number of H-pyrrole nitrogens is 1. The van der Waals surface area contributed by atoms with Crippen molar-refractivity contribution in [3.8, 4) is 22.6 Å². The van der Waals surface area contributed by atoms with Gasteiger partial charge in [-0.25, -0.2) is 0 Å². The van der Waals surface area contributed by atoms with E-state index in [0.717, 1.165) is 59.6 Å². The molecule has 1 aliphatic heterocycles. The van der Waals surface area contributed by atoms with Crippen LogP contribution in [0.4, 0.5) is 5.69 Å². The fourth-order valence-electron chi connectivity index (χ4n) is 4.02. The number of benzene rings is 2. The minimum absolute atomic E-state index is 0.195. The lowest BCUT2D eigenvalue weighted by Gasteiger charge is -2.36. The van der Waals surface area contributed by atoms with Crippen LogP contribution in [0.25, 0.3) is 11.1 Å². The molecule has 5 heteroatoms. The van der Waals surface area contributed by atoms with Crippen molar-refractivity contribution in [1.82, 2.24) is 10.2 Å². The van der Waals surface area contributed by atoms with E-state index in [1.165, 1.54) is 0 Å². The molecule has 0 unspecified atom stereocenters. The number of aromatic nitrogens is 2. The summed E-state index contributed by atoms with van der Waals surface area (Å²) in [5.41, 5.74) is 4.07. The van der Waals surface area contributed by atoms with E-state index in [1.807, 2.05) is 47.5 Å². The van der Waals surface area contributed by atoms with Crippen LogP contribution in [0, 0.1) is 5.92 Å². The summed E-state index contributed by atoms with van der Waals surface area (Å²) in [7, 11) is 0. The standard InChI is InChI=1S/C23H23N3O2/c1-15-7-10-20-21(26(15)23(27)16-8-9-16)12-11-19(17-13-24-25-14-17)22(20)28-18-5-3-2-4-6-18/h2-6,11-16H,7-10H2,1H3,(H,24,25)/t15-/m0/s1. The van der Waals surface area contributed by atoms with Gasteiger partial charge >= 0.3 is 0 Å². The monoisotopic (exact) mass is 373 g/mol. The number of amides is 1. The second-order valence-electron chi connectivity index (χ2n) is 7.71. The number of hydrogen-bond acceptors (Lipinski definition) is 3. The quantitative estimate of drug-likeness (QED) is 0.704. The number of carbonyl (C=O) groups excluding carboxylic acids is 1. The summed E-state index contributed by atoms with van der Waals surface area (Å²) in [6.45, 7) is 2.14. The molecule has 1 aliphatic carbocycles. The molecule has 0 radical (unpaired) electrons. The van der Waals surface area contributed by atoms with Crippen LogP contribution in [-0.2, 0) is 11.2 Å². The van der Waals surface area contributed by atoms with Crippen LogP contribution in [0.5, 0.6) is 11.5 Å². The van der Waals surface area contributed by atoms with E-state index in [9.17, 15) is 4.79 Å². The number of para-hydroxylation sites is 1. The molecule has 0 spiro atoms. The Balaban J connectivity index is 1.65. The number of carbonyl (C=O) groups is 1. The van der Waals surface area contributed by atoms with Crippen molar-refractivity contribution in [2.24, 2.45) is 5.92 Å². The molecule has 28 heavy (non-hydrogen) atoms. The smallest absolute Gasteiger partial charge is 0.230 e. The predicted octanol–water partition coefficient (Wildman–Crippen LogP) is 4.95. The molecule has 5 nitrogen and oxygen atoms in total. The number of aromatic amines is 1. The number of hydrogen-bond donors (Lipinski definition) is 1. The number of anilines is 1. The average molecular weight is 373 g/mol. The molecular weight excluding hydrogens is 350 g/mol. The molecule has 1 N–H and O–H groups in total. The van der Waals surface area contributed by atoms with E-state index in [-0.39, 0.29) is 17.9 Å². The third-order valence-corrected chi connectivity index (χ3v) is 5.68. The summed E-state index contributed by atoms with van der Waals surface area (Å²) in [6.07, 6.45) is 7.52. The van der Waals surface area contributed by atoms with Crippen LogP contribution in [0.2, 0.25) is 0 Å². The second-order valence-corrected chi connectivity index (χ2v) is 7.71. The van der Waals surface area contributed by atoms with E-state index in [4.69, 9.17) is 4.74 Å². The molecule has 142 valence electrons.